The van der Waals surface area contributed by atoms with Crippen LogP contribution in [0.15, 0.2) is 0 Å². The van der Waals surface area contributed by atoms with Crippen molar-refractivity contribution in [2.24, 2.45) is 5.92 Å². The minimum Gasteiger partial charge on any atom is -0.394 e. The Morgan fingerprint density at radius 2 is 2.06 bits per heavy atom. The Bertz CT molecular complexity index is 215. The molecule has 1 rings (SSSR count). The Kier molecular flexibility index (Phi) is 7.01. The summed E-state index contributed by atoms with van der Waals surface area (Å²) in [5.74, 6) is 0.880. The van der Waals surface area contributed by atoms with Crippen LogP contribution in [-0.4, -0.2) is 30.3 Å². The van der Waals surface area contributed by atoms with Gasteiger partial charge in [-0.25, -0.2) is 4.79 Å². The number of hydrogen-bond acceptors (Lipinski definition) is 2. The van der Waals surface area contributed by atoms with Crippen molar-refractivity contribution >= 4 is 6.03 Å². The van der Waals surface area contributed by atoms with Gasteiger partial charge in [0, 0.05) is 6.54 Å². The minimum atomic E-state index is -0.173. The molecule has 1 aliphatic carbocycles. The summed E-state index contributed by atoms with van der Waals surface area (Å²) in [5, 5.41) is 14.3. The Morgan fingerprint density at radius 1 is 1.35 bits per heavy atom. The van der Waals surface area contributed by atoms with Crippen molar-refractivity contribution in [1.29, 1.82) is 0 Å². The molecule has 0 radical (unpaired) electrons. The van der Waals surface area contributed by atoms with Crippen LogP contribution in [-0.2, 0) is 0 Å². The molecule has 0 saturated heterocycles. The zero-order chi connectivity index (χ0) is 12.5. The number of nitrogens with one attached hydrogen (secondary N) is 2. The number of hydrogen-bond donors (Lipinski definition) is 3. The number of urea groups is 1. The lowest BCUT2D eigenvalue weighted by Gasteiger charge is -2.21. The smallest absolute Gasteiger partial charge is 0.315 e. The molecule has 4 nitrogen and oxygen atoms in total. The Labute approximate surface area is 104 Å². The lowest BCUT2D eigenvalue weighted by atomic mass is 9.86. The van der Waals surface area contributed by atoms with Crippen LogP contribution >= 0.6 is 0 Å². The first-order valence-corrected chi connectivity index (χ1v) is 6.87. The minimum absolute atomic E-state index is 0.0184. The Morgan fingerprint density at radius 3 is 2.71 bits per heavy atom. The van der Waals surface area contributed by atoms with E-state index in [1.165, 1.54) is 38.5 Å². The van der Waals surface area contributed by atoms with Crippen LogP contribution in [0.1, 0.15) is 51.9 Å². The van der Waals surface area contributed by atoms with Gasteiger partial charge in [0.25, 0.3) is 0 Å². The van der Waals surface area contributed by atoms with Gasteiger partial charge in [-0.1, -0.05) is 32.1 Å². The standard InChI is InChI=1S/C13H26N2O2/c1-11(10-16)15-13(17)14-9-5-8-12-6-3-2-4-7-12/h11-12,16H,2-10H2,1H3,(H2,14,15,17). The van der Waals surface area contributed by atoms with E-state index in [9.17, 15) is 4.79 Å². The molecule has 0 bridgehead atoms. The third kappa shape index (κ3) is 6.51. The van der Waals surface area contributed by atoms with E-state index in [0.29, 0.717) is 0 Å². The molecule has 0 spiro atoms. The molecule has 2 amide bonds. The molecule has 0 aliphatic heterocycles. The maximum atomic E-state index is 11.3. The van der Waals surface area contributed by atoms with Crippen LogP contribution < -0.4 is 10.6 Å². The zero-order valence-corrected chi connectivity index (χ0v) is 10.9. The maximum Gasteiger partial charge on any atom is 0.315 e. The summed E-state index contributed by atoms with van der Waals surface area (Å²) in [7, 11) is 0. The monoisotopic (exact) mass is 242 g/mol. The number of carbonyl (C=O) groups excluding carboxylic acids is 1. The second kappa shape index (κ2) is 8.34. The Hall–Kier alpha value is -0.770. The van der Waals surface area contributed by atoms with E-state index < -0.39 is 0 Å². The van der Waals surface area contributed by atoms with E-state index >= 15 is 0 Å². The predicted molar refractivity (Wildman–Crippen MR) is 68.9 cm³/mol. The quantitative estimate of drug-likeness (QED) is 0.624. The molecule has 0 aromatic carbocycles. The predicted octanol–water partition coefficient (Wildman–Crippen LogP) is 2.03. The molecule has 100 valence electrons. The SMILES string of the molecule is CC(CO)NC(=O)NCCCC1CCCCC1. The van der Waals surface area contributed by atoms with Crippen molar-refractivity contribution in [1.82, 2.24) is 10.6 Å². The van der Waals surface area contributed by atoms with E-state index in [0.717, 1.165) is 18.9 Å². The summed E-state index contributed by atoms with van der Waals surface area (Å²) in [5.41, 5.74) is 0. The summed E-state index contributed by atoms with van der Waals surface area (Å²) < 4.78 is 0. The van der Waals surface area contributed by atoms with Crippen LogP contribution in [0, 0.1) is 5.92 Å². The summed E-state index contributed by atoms with van der Waals surface area (Å²) in [6.07, 6.45) is 9.19. The normalized spacial score (nSPS) is 18.7. The van der Waals surface area contributed by atoms with Gasteiger partial charge in [-0.2, -0.15) is 0 Å². The van der Waals surface area contributed by atoms with E-state index in [1.54, 1.807) is 6.92 Å². The molecule has 0 heterocycles. The molecule has 1 fully saturated rings. The molecule has 17 heavy (non-hydrogen) atoms. The van der Waals surface area contributed by atoms with Gasteiger partial charge >= 0.3 is 6.03 Å². The van der Waals surface area contributed by atoms with Gasteiger partial charge in [0.05, 0.1) is 12.6 Å². The number of aliphatic hydroxyl groups is 1. The topological polar surface area (TPSA) is 61.4 Å². The molecule has 0 aromatic rings. The molecule has 1 unspecified atom stereocenters. The molecule has 3 N–H and O–H groups in total. The van der Waals surface area contributed by atoms with E-state index in [1.807, 2.05) is 0 Å². The van der Waals surface area contributed by atoms with Crippen LogP contribution in [0.4, 0.5) is 4.79 Å². The van der Waals surface area contributed by atoms with Crippen molar-refractivity contribution in [3.8, 4) is 0 Å². The lowest BCUT2D eigenvalue weighted by molar-refractivity contribution is 0.220. The third-order valence-corrected chi connectivity index (χ3v) is 3.45. The van der Waals surface area contributed by atoms with Crippen molar-refractivity contribution in [3.63, 3.8) is 0 Å². The summed E-state index contributed by atoms with van der Waals surface area (Å²) in [4.78, 5) is 11.3. The largest absolute Gasteiger partial charge is 0.394 e. The fraction of sp³-hybridized carbons (Fsp3) is 0.923. The highest BCUT2D eigenvalue weighted by Crippen LogP contribution is 2.26. The molecular weight excluding hydrogens is 216 g/mol. The molecule has 0 aromatic heterocycles. The highest BCUT2D eigenvalue weighted by Gasteiger charge is 2.12. The third-order valence-electron chi connectivity index (χ3n) is 3.45. The van der Waals surface area contributed by atoms with Gasteiger partial charge in [0.15, 0.2) is 0 Å². The van der Waals surface area contributed by atoms with E-state index in [-0.39, 0.29) is 18.7 Å². The molecule has 1 saturated carbocycles. The van der Waals surface area contributed by atoms with Crippen molar-refractivity contribution in [2.45, 2.75) is 57.9 Å². The molecule has 1 aliphatic rings. The van der Waals surface area contributed by atoms with Gasteiger partial charge < -0.3 is 15.7 Å². The number of amides is 2. The first kappa shape index (κ1) is 14.3. The average molecular weight is 242 g/mol. The maximum absolute atomic E-state index is 11.3. The van der Waals surface area contributed by atoms with Gasteiger partial charge in [-0.05, 0) is 25.7 Å². The van der Waals surface area contributed by atoms with Crippen molar-refractivity contribution in [2.75, 3.05) is 13.2 Å². The zero-order valence-electron chi connectivity index (χ0n) is 10.9. The number of rotatable bonds is 6. The summed E-state index contributed by atoms with van der Waals surface area (Å²) in [6.45, 7) is 2.50. The lowest BCUT2D eigenvalue weighted by Crippen LogP contribution is -2.42. The van der Waals surface area contributed by atoms with Gasteiger partial charge in [-0.15, -0.1) is 0 Å². The first-order chi connectivity index (χ1) is 8.22. The van der Waals surface area contributed by atoms with Crippen molar-refractivity contribution in [3.05, 3.63) is 0 Å². The second-order valence-electron chi connectivity index (χ2n) is 5.13. The summed E-state index contributed by atoms with van der Waals surface area (Å²) in [6, 6.07) is -0.344. The van der Waals surface area contributed by atoms with Gasteiger partial charge in [-0.3, -0.25) is 0 Å². The average Bonchev–Trinajstić information content (AvgIpc) is 2.36. The Balaban J connectivity index is 1.97. The van der Waals surface area contributed by atoms with Crippen LogP contribution in [0.25, 0.3) is 0 Å². The van der Waals surface area contributed by atoms with Crippen LogP contribution in [0.3, 0.4) is 0 Å². The molecular formula is C13H26N2O2. The van der Waals surface area contributed by atoms with Crippen LogP contribution in [0.5, 0.6) is 0 Å². The second-order valence-corrected chi connectivity index (χ2v) is 5.13. The molecule has 1 atom stereocenters. The highest BCUT2D eigenvalue weighted by molar-refractivity contribution is 5.74. The van der Waals surface area contributed by atoms with E-state index in [2.05, 4.69) is 10.6 Å². The fourth-order valence-electron chi connectivity index (χ4n) is 2.39. The number of aliphatic hydroxyl groups excluding tert-OH is 1. The molecule has 4 heteroatoms. The highest BCUT2D eigenvalue weighted by atomic mass is 16.3. The van der Waals surface area contributed by atoms with Crippen LogP contribution in [0.2, 0.25) is 0 Å². The van der Waals surface area contributed by atoms with Gasteiger partial charge in [0.1, 0.15) is 0 Å². The van der Waals surface area contributed by atoms with Crippen molar-refractivity contribution < 1.29 is 9.90 Å². The first-order valence-electron chi connectivity index (χ1n) is 6.87. The van der Waals surface area contributed by atoms with Gasteiger partial charge in [0.2, 0.25) is 0 Å². The van der Waals surface area contributed by atoms with E-state index in [4.69, 9.17) is 5.11 Å². The summed E-state index contributed by atoms with van der Waals surface area (Å²) >= 11 is 0. The fourth-order valence-corrected chi connectivity index (χ4v) is 2.39. The number of carbonyl (C=O) groups is 1.